The number of nitrogens with two attached hydrogens (primary N) is 1. The number of rotatable bonds is 5. The Morgan fingerprint density at radius 3 is 2.77 bits per heavy atom. The van der Waals surface area contributed by atoms with E-state index < -0.39 is 0 Å². The van der Waals surface area contributed by atoms with Crippen molar-refractivity contribution in [1.82, 2.24) is 15.2 Å². The lowest BCUT2D eigenvalue weighted by atomic mass is 10.3. The van der Waals surface area contributed by atoms with Crippen molar-refractivity contribution < 1.29 is 4.63 Å². The highest BCUT2D eigenvalue weighted by Crippen LogP contribution is 2.03. The van der Waals surface area contributed by atoms with Gasteiger partial charge >= 0.3 is 0 Å². The molecule has 0 aliphatic rings. The predicted octanol–water partition coefficient (Wildman–Crippen LogP) is 0.159. The van der Waals surface area contributed by atoms with Gasteiger partial charge in [-0.05, 0) is 33.5 Å². The van der Waals surface area contributed by atoms with Crippen molar-refractivity contribution in [2.45, 2.75) is 19.9 Å². The van der Waals surface area contributed by atoms with Gasteiger partial charge in [0.15, 0.2) is 0 Å². The summed E-state index contributed by atoms with van der Waals surface area (Å²) in [6, 6.07) is 0. The molecule has 5 heteroatoms. The van der Waals surface area contributed by atoms with Crippen molar-refractivity contribution in [3.8, 4) is 0 Å². The molecule has 0 amide bonds. The molecule has 1 heterocycles. The highest BCUT2D eigenvalue weighted by Gasteiger charge is 2.07. The van der Waals surface area contributed by atoms with Gasteiger partial charge in [0, 0.05) is 6.54 Å². The van der Waals surface area contributed by atoms with E-state index in [4.69, 9.17) is 5.73 Å². The minimum atomic E-state index is 0.723. The molecule has 13 heavy (non-hydrogen) atoms. The molecule has 2 N–H and O–H groups in total. The predicted molar refractivity (Wildman–Crippen MR) is 49.0 cm³/mol. The number of hydrogen-bond donors (Lipinski definition) is 1. The zero-order valence-electron chi connectivity index (χ0n) is 8.16. The molecule has 0 spiro atoms. The third kappa shape index (κ3) is 3.12. The average Bonchev–Trinajstić information content (AvgIpc) is 2.48. The number of nitrogens with zero attached hydrogens (tertiary/aromatic N) is 3. The van der Waals surface area contributed by atoms with Crippen LogP contribution in [0.5, 0.6) is 0 Å². The van der Waals surface area contributed by atoms with Gasteiger partial charge < -0.3 is 10.6 Å². The van der Waals surface area contributed by atoms with Crippen LogP contribution in [0.2, 0.25) is 0 Å². The molecule has 1 aromatic heterocycles. The van der Waals surface area contributed by atoms with E-state index in [1.807, 2.05) is 14.0 Å². The van der Waals surface area contributed by atoms with E-state index in [0.717, 1.165) is 37.4 Å². The molecule has 0 fully saturated rings. The van der Waals surface area contributed by atoms with Crippen LogP contribution < -0.4 is 5.73 Å². The normalized spacial score (nSPS) is 11.1. The molecule has 0 radical (unpaired) electrons. The summed E-state index contributed by atoms with van der Waals surface area (Å²) in [5.74, 6) is 0. The maximum atomic E-state index is 5.41. The van der Waals surface area contributed by atoms with Crippen LogP contribution in [0, 0.1) is 6.92 Å². The molecule has 0 atom stereocenters. The van der Waals surface area contributed by atoms with Crippen molar-refractivity contribution in [2.24, 2.45) is 5.73 Å². The first kappa shape index (κ1) is 10.1. The first-order valence-electron chi connectivity index (χ1n) is 4.40. The van der Waals surface area contributed by atoms with Crippen LogP contribution >= 0.6 is 0 Å². The number of aromatic nitrogens is 2. The SMILES string of the molecule is Cc1nonc1CN(C)CCCN. The first-order valence-corrected chi connectivity index (χ1v) is 4.40. The summed E-state index contributed by atoms with van der Waals surface area (Å²) in [5.41, 5.74) is 7.17. The van der Waals surface area contributed by atoms with Crippen molar-refractivity contribution in [3.05, 3.63) is 11.4 Å². The molecule has 1 rings (SSSR count). The maximum absolute atomic E-state index is 5.41. The highest BCUT2D eigenvalue weighted by atomic mass is 16.6. The summed E-state index contributed by atoms with van der Waals surface area (Å²) >= 11 is 0. The molecule has 0 aromatic carbocycles. The fraction of sp³-hybridized carbons (Fsp3) is 0.750. The van der Waals surface area contributed by atoms with Crippen LogP contribution in [-0.2, 0) is 6.54 Å². The van der Waals surface area contributed by atoms with Gasteiger partial charge in [-0.15, -0.1) is 0 Å². The van der Waals surface area contributed by atoms with Gasteiger partial charge in [-0.2, -0.15) is 0 Å². The molecule has 0 saturated carbocycles. The molecule has 0 aliphatic heterocycles. The number of hydrogen-bond acceptors (Lipinski definition) is 5. The highest BCUT2D eigenvalue weighted by molar-refractivity contribution is 5.03. The Morgan fingerprint density at radius 2 is 2.23 bits per heavy atom. The van der Waals surface area contributed by atoms with Gasteiger partial charge in [-0.25, -0.2) is 4.63 Å². The summed E-state index contributed by atoms with van der Waals surface area (Å²) in [6.45, 7) is 4.36. The molecule has 0 bridgehead atoms. The Morgan fingerprint density at radius 1 is 1.46 bits per heavy atom. The molecule has 1 aromatic rings. The van der Waals surface area contributed by atoms with Gasteiger partial charge in [0.25, 0.3) is 0 Å². The van der Waals surface area contributed by atoms with Crippen LogP contribution in [-0.4, -0.2) is 35.4 Å². The minimum Gasteiger partial charge on any atom is -0.330 e. The zero-order valence-corrected chi connectivity index (χ0v) is 8.16. The van der Waals surface area contributed by atoms with Crippen molar-refractivity contribution in [2.75, 3.05) is 20.1 Å². The van der Waals surface area contributed by atoms with Crippen LogP contribution in [0.25, 0.3) is 0 Å². The van der Waals surface area contributed by atoms with Crippen molar-refractivity contribution >= 4 is 0 Å². The van der Waals surface area contributed by atoms with Gasteiger partial charge in [0.1, 0.15) is 11.4 Å². The molecule has 0 unspecified atom stereocenters. The lowest BCUT2D eigenvalue weighted by Gasteiger charge is -2.13. The summed E-state index contributed by atoms with van der Waals surface area (Å²) in [7, 11) is 2.03. The molecule has 0 aliphatic carbocycles. The van der Waals surface area contributed by atoms with E-state index in [0.29, 0.717) is 0 Å². The van der Waals surface area contributed by atoms with Gasteiger partial charge in [0.2, 0.25) is 0 Å². The summed E-state index contributed by atoms with van der Waals surface area (Å²) < 4.78 is 4.60. The standard InChI is InChI=1S/C8H16N4O/c1-7-8(11-13-10-7)6-12(2)5-3-4-9/h3-6,9H2,1-2H3. The molecular weight excluding hydrogens is 168 g/mol. The third-order valence-corrected chi connectivity index (χ3v) is 1.91. The smallest absolute Gasteiger partial charge is 0.122 e. The van der Waals surface area contributed by atoms with Crippen LogP contribution in [0.4, 0.5) is 0 Å². The fourth-order valence-corrected chi connectivity index (χ4v) is 1.09. The second-order valence-corrected chi connectivity index (χ2v) is 3.18. The van der Waals surface area contributed by atoms with E-state index in [1.165, 1.54) is 0 Å². The Bertz CT molecular complexity index is 248. The second kappa shape index (κ2) is 4.94. The van der Waals surface area contributed by atoms with E-state index >= 15 is 0 Å². The lowest BCUT2D eigenvalue weighted by Crippen LogP contribution is -2.21. The first-order chi connectivity index (χ1) is 6.24. The summed E-state index contributed by atoms with van der Waals surface area (Å²) in [4.78, 5) is 2.15. The lowest BCUT2D eigenvalue weighted by molar-refractivity contribution is 0.281. The molecule has 74 valence electrons. The Hall–Kier alpha value is -0.940. The topological polar surface area (TPSA) is 68.2 Å². The molecule has 5 nitrogen and oxygen atoms in total. The summed E-state index contributed by atoms with van der Waals surface area (Å²) in [5, 5.41) is 7.52. The van der Waals surface area contributed by atoms with E-state index in [1.54, 1.807) is 0 Å². The monoisotopic (exact) mass is 184 g/mol. The minimum absolute atomic E-state index is 0.723. The van der Waals surface area contributed by atoms with Crippen molar-refractivity contribution in [1.29, 1.82) is 0 Å². The summed E-state index contributed by atoms with van der Waals surface area (Å²) in [6.07, 6.45) is 1.00. The van der Waals surface area contributed by atoms with E-state index in [-0.39, 0.29) is 0 Å². The van der Waals surface area contributed by atoms with E-state index in [9.17, 15) is 0 Å². The van der Waals surface area contributed by atoms with Gasteiger partial charge in [-0.3, -0.25) is 0 Å². The Labute approximate surface area is 77.9 Å². The van der Waals surface area contributed by atoms with Crippen LogP contribution in [0.15, 0.2) is 4.63 Å². The quantitative estimate of drug-likeness (QED) is 0.706. The Kier molecular flexibility index (Phi) is 3.85. The molecule has 0 saturated heterocycles. The van der Waals surface area contributed by atoms with Crippen molar-refractivity contribution in [3.63, 3.8) is 0 Å². The van der Waals surface area contributed by atoms with Crippen LogP contribution in [0.1, 0.15) is 17.8 Å². The van der Waals surface area contributed by atoms with E-state index in [2.05, 4.69) is 19.8 Å². The molecular formula is C8H16N4O. The Balaban J connectivity index is 2.36. The maximum Gasteiger partial charge on any atom is 0.122 e. The largest absolute Gasteiger partial charge is 0.330 e. The zero-order chi connectivity index (χ0) is 9.68. The van der Waals surface area contributed by atoms with Gasteiger partial charge in [0.05, 0.1) is 0 Å². The average molecular weight is 184 g/mol. The second-order valence-electron chi connectivity index (χ2n) is 3.18. The van der Waals surface area contributed by atoms with Gasteiger partial charge in [-0.1, -0.05) is 10.3 Å². The van der Waals surface area contributed by atoms with Crippen LogP contribution in [0.3, 0.4) is 0 Å². The third-order valence-electron chi connectivity index (χ3n) is 1.91. The number of aryl methyl sites for hydroxylation is 1. The fourth-order valence-electron chi connectivity index (χ4n) is 1.09.